The lowest BCUT2D eigenvalue weighted by Gasteiger charge is -2.10. The van der Waals surface area contributed by atoms with E-state index < -0.39 is 12.1 Å². The van der Waals surface area contributed by atoms with Crippen molar-refractivity contribution in [2.75, 3.05) is 0 Å². The van der Waals surface area contributed by atoms with Crippen molar-refractivity contribution in [2.45, 2.75) is 26.9 Å². The number of aryl methyl sites for hydroxylation is 2. The van der Waals surface area contributed by atoms with Crippen molar-refractivity contribution in [3.63, 3.8) is 0 Å². The number of rotatable bonds is 3. The predicted octanol–water partition coefficient (Wildman–Crippen LogP) is 1.80. The van der Waals surface area contributed by atoms with E-state index in [1.165, 1.54) is 0 Å². The van der Waals surface area contributed by atoms with Gasteiger partial charge in [-0.25, -0.2) is 0 Å². The van der Waals surface area contributed by atoms with Gasteiger partial charge in [0.2, 0.25) is 11.8 Å². The van der Waals surface area contributed by atoms with Gasteiger partial charge in [0.25, 0.3) is 0 Å². The Balaban J connectivity index is 2.97. The summed E-state index contributed by atoms with van der Waals surface area (Å²) in [7, 11) is 0. The molecule has 0 aliphatic carbocycles. The van der Waals surface area contributed by atoms with Crippen molar-refractivity contribution in [3.8, 4) is 5.88 Å². The predicted molar refractivity (Wildman–Crippen MR) is 49.8 cm³/mol. The van der Waals surface area contributed by atoms with Crippen molar-refractivity contribution < 1.29 is 13.9 Å². The Morgan fingerprint density at radius 1 is 1.50 bits per heavy atom. The molecule has 1 unspecified atom stereocenters. The Labute approximate surface area is 81.9 Å². The molecule has 0 aliphatic heterocycles. The van der Waals surface area contributed by atoms with Gasteiger partial charge in [0, 0.05) is 11.1 Å². The molecule has 0 aliphatic rings. The quantitative estimate of drug-likeness (QED) is 0.548. The highest BCUT2D eigenvalue weighted by Crippen LogP contribution is 2.18. The lowest BCUT2D eigenvalue weighted by atomic mass is 10.2. The van der Waals surface area contributed by atoms with Crippen LogP contribution in [0.25, 0.3) is 0 Å². The fraction of sp³-hybridized carbons (Fsp3) is 0.400. The third kappa shape index (κ3) is 2.28. The minimum Gasteiger partial charge on any atom is -0.467 e. The second-order valence-corrected chi connectivity index (χ2v) is 3.18. The zero-order valence-corrected chi connectivity index (χ0v) is 8.37. The van der Waals surface area contributed by atoms with Gasteiger partial charge in [-0.3, -0.25) is 4.79 Å². The number of hydrogen-bond acceptors (Lipinski definition) is 3. The van der Waals surface area contributed by atoms with Crippen LogP contribution in [0.15, 0.2) is 6.07 Å². The number of nitrogens with zero attached hydrogens (tertiary/aromatic N) is 1. The van der Waals surface area contributed by atoms with Gasteiger partial charge in [-0.1, -0.05) is 0 Å². The van der Waals surface area contributed by atoms with Crippen molar-refractivity contribution in [2.24, 2.45) is 0 Å². The van der Waals surface area contributed by atoms with E-state index in [-0.39, 0.29) is 5.88 Å². The maximum absolute atomic E-state index is 13.0. The summed E-state index contributed by atoms with van der Waals surface area (Å²) in [5.74, 6) is -0.392. The zero-order chi connectivity index (χ0) is 10.7. The fourth-order valence-electron chi connectivity index (χ4n) is 1.03. The fourth-order valence-corrected chi connectivity index (χ4v) is 1.03. The highest BCUT2D eigenvalue weighted by atomic mass is 19.1. The summed E-state index contributed by atoms with van der Waals surface area (Å²) in [6.07, 6.45) is 0.0297. The molecule has 1 aromatic rings. The number of aromatic nitrogens is 1. The van der Waals surface area contributed by atoms with Gasteiger partial charge >= 0.3 is 0 Å². The summed E-state index contributed by atoms with van der Waals surface area (Å²) in [6.45, 7) is 4.96. The van der Waals surface area contributed by atoms with E-state index in [0.29, 0.717) is 11.8 Å². The number of aldehydes is 1. The second kappa shape index (κ2) is 4.17. The van der Waals surface area contributed by atoms with Gasteiger partial charge in [-0.15, -0.1) is 0 Å². The molecule has 0 spiro atoms. The number of carbonyl (C=O) groups is 1. The molecule has 0 N–H and O–H groups in total. The van der Waals surface area contributed by atoms with Crippen LogP contribution in [-0.2, 0) is 4.79 Å². The normalized spacial score (nSPS) is 12.3. The van der Waals surface area contributed by atoms with E-state index in [1.54, 1.807) is 26.8 Å². The molecule has 1 atom stereocenters. The molecule has 14 heavy (non-hydrogen) atoms. The van der Waals surface area contributed by atoms with Crippen LogP contribution in [0.5, 0.6) is 5.88 Å². The Kier molecular flexibility index (Phi) is 3.17. The average molecular weight is 197 g/mol. The van der Waals surface area contributed by atoms with Crippen LogP contribution < -0.4 is 4.74 Å². The van der Waals surface area contributed by atoms with E-state index in [1.807, 2.05) is 0 Å². The van der Waals surface area contributed by atoms with Gasteiger partial charge in [-0.05, 0) is 26.8 Å². The molecule has 3 nitrogen and oxygen atoms in total. The van der Waals surface area contributed by atoms with Gasteiger partial charge in [-0.2, -0.15) is 9.37 Å². The summed E-state index contributed by atoms with van der Waals surface area (Å²) in [6, 6.07) is 1.63. The summed E-state index contributed by atoms with van der Waals surface area (Å²) in [5, 5.41) is 0. The maximum atomic E-state index is 13.0. The van der Waals surface area contributed by atoms with Gasteiger partial charge in [0.15, 0.2) is 12.4 Å². The molecule has 0 amide bonds. The van der Waals surface area contributed by atoms with Crippen LogP contribution in [0.1, 0.15) is 18.1 Å². The van der Waals surface area contributed by atoms with E-state index in [2.05, 4.69) is 4.98 Å². The second-order valence-electron chi connectivity index (χ2n) is 3.18. The van der Waals surface area contributed by atoms with E-state index >= 15 is 0 Å². The largest absolute Gasteiger partial charge is 0.467 e. The molecule has 0 fully saturated rings. The lowest BCUT2D eigenvalue weighted by molar-refractivity contribution is -0.113. The summed E-state index contributed by atoms with van der Waals surface area (Å²) in [5.41, 5.74) is 1.19. The van der Waals surface area contributed by atoms with Crippen LogP contribution in [0.2, 0.25) is 0 Å². The first kappa shape index (κ1) is 10.6. The Hall–Kier alpha value is -1.45. The minimum atomic E-state index is -0.608. The minimum absolute atomic E-state index is 0.174. The SMILES string of the molecule is Cc1cc(C)c(OC(C)C=O)nc1F. The Morgan fingerprint density at radius 2 is 2.14 bits per heavy atom. The van der Waals surface area contributed by atoms with Gasteiger partial charge in [0.05, 0.1) is 0 Å². The molecule has 0 saturated heterocycles. The smallest absolute Gasteiger partial charge is 0.219 e. The number of carbonyl (C=O) groups excluding carboxylic acids is 1. The van der Waals surface area contributed by atoms with E-state index in [4.69, 9.17) is 4.74 Å². The van der Waals surface area contributed by atoms with Crippen molar-refractivity contribution in [3.05, 3.63) is 23.1 Å². The van der Waals surface area contributed by atoms with Gasteiger partial charge < -0.3 is 4.74 Å². The number of halogens is 1. The molecular formula is C10H12FNO2. The molecular weight excluding hydrogens is 185 g/mol. The third-order valence-electron chi connectivity index (χ3n) is 1.78. The lowest BCUT2D eigenvalue weighted by Crippen LogP contribution is -2.15. The van der Waals surface area contributed by atoms with E-state index in [0.717, 1.165) is 5.56 Å². The molecule has 1 rings (SSSR count). The number of pyridine rings is 1. The Morgan fingerprint density at radius 3 is 2.71 bits per heavy atom. The molecule has 4 heteroatoms. The van der Waals surface area contributed by atoms with Crippen LogP contribution in [0.3, 0.4) is 0 Å². The van der Waals surface area contributed by atoms with Crippen LogP contribution >= 0.6 is 0 Å². The highest BCUT2D eigenvalue weighted by molar-refractivity contribution is 5.56. The van der Waals surface area contributed by atoms with E-state index in [9.17, 15) is 9.18 Å². The first-order valence-corrected chi connectivity index (χ1v) is 4.30. The monoisotopic (exact) mass is 197 g/mol. The number of ether oxygens (including phenoxy) is 1. The molecule has 1 aromatic heterocycles. The third-order valence-corrected chi connectivity index (χ3v) is 1.78. The zero-order valence-electron chi connectivity index (χ0n) is 8.37. The molecule has 1 heterocycles. The van der Waals surface area contributed by atoms with Crippen molar-refractivity contribution in [1.29, 1.82) is 0 Å². The summed E-state index contributed by atoms with van der Waals surface area (Å²) in [4.78, 5) is 13.9. The van der Waals surface area contributed by atoms with Crippen LogP contribution in [0, 0.1) is 19.8 Å². The first-order valence-electron chi connectivity index (χ1n) is 4.30. The maximum Gasteiger partial charge on any atom is 0.219 e. The molecule has 0 radical (unpaired) electrons. The summed E-state index contributed by atoms with van der Waals surface area (Å²) >= 11 is 0. The van der Waals surface area contributed by atoms with Gasteiger partial charge in [0.1, 0.15) is 0 Å². The molecule has 0 aromatic carbocycles. The topological polar surface area (TPSA) is 39.2 Å². The summed E-state index contributed by atoms with van der Waals surface area (Å²) < 4.78 is 18.1. The van der Waals surface area contributed by atoms with Crippen molar-refractivity contribution >= 4 is 6.29 Å². The van der Waals surface area contributed by atoms with Crippen molar-refractivity contribution in [1.82, 2.24) is 4.98 Å². The van der Waals surface area contributed by atoms with Crippen LogP contribution in [-0.4, -0.2) is 17.4 Å². The first-order chi connectivity index (χ1) is 6.54. The standard InChI is InChI=1S/C10H12FNO2/c1-6-4-7(2)10(12-9(6)11)14-8(3)5-13/h4-5,8H,1-3H3. The molecule has 76 valence electrons. The molecule has 0 saturated carbocycles. The Bertz CT molecular complexity index is 352. The van der Waals surface area contributed by atoms with Crippen LogP contribution in [0.4, 0.5) is 4.39 Å². The average Bonchev–Trinajstić information content (AvgIpc) is 2.14. The highest BCUT2D eigenvalue weighted by Gasteiger charge is 2.09. The molecule has 0 bridgehead atoms. The number of hydrogen-bond donors (Lipinski definition) is 0.